The SMILES string of the molecule is O=C(/C=C/c1cnc2ccccn12)N(CCO)Cc1ccccc1. The molecule has 0 radical (unpaired) electrons. The summed E-state index contributed by atoms with van der Waals surface area (Å²) in [5.41, 5.74) is 2.70. The van der Waals surface area contributed by atoms with Gasteiger partial charge >= 0.3 is 0 Å². The highest BCUT2D eigenvalue weighted by molar-refractivity contribution is 5.91. The van der Waals surface area contributed by atoms with Crippen molar-refractivity contribution in [3.63, 3.8) is 0 Å². The first-order valence-electron chi connectivity index (χ1n) is 7.82. The zero-order valence-electron chi connectivity index (χ0n) is 13.2. The molecule has 122 valence electrons. The van der Waals surface area contributed by atoms with Gasteiger partial charge in [-0.25, -0.2) is 4.98 Å². The Labute approximate surface area is 140 Å². The molecular formula is C19H19N3O2. The van der Waals surface area contributed by atoms with Crippen molar-refractivity contribution in [2.24, 2.45) is 0 Å². The van der Waals surface area contributed by atoms with Crippen molar-refractivity contribution in [1.82, 2.24) is 14.3 Å². The number of carbonyl (C=O) groups excluding carboxylic acids is 1. The molecular weight excluding hydrogens is 302 g/mol. The molecule has 0 spiro atoms. The number of rotatable bonds is 6. The fourth-order valence-corrected chi connectivity index (χ4v) is 2.53. The van der Waals surface area contributed by atoms with E-state index in [2.05, 4.69) is 4.98 Å². The van der Waals surface area contributed by atoms with Gasteiger partial charge in [-0.1, -0.05) is 36.4 Å². The van der Waals surface area contributed by atoms with Crippen molar-refractivity contribution in [3.8, 4) is 0 Å². The van der Waals surface area contributed by atoms with Gasteiger partial charge in [-0.2, -0.15) is 0 Å². The van der Waals surface area contributed by atoms with Gasteiger partial charge in [0.15, 0.2) is 0 Å². The Hall–Kier alpha value is -2.92. The van der Waals surface area contributed by atoms with Crippen LogP contribution in [-0.4, -0.2) is 38.4 Å². The largest absolute Gasteiger partial charge is 0.395 e. The summed E-state index contributed by atoms with van der Waals surface area (Å²) in [6.07, 6.45) is 6.90. The third-order valence-electron chi connectivity index (χ3n) is 3.74. The summed E-state index contributed by atoms with van der Waals surface area (Å²) in [6, 6.07) is 15.5. The Morgan fingerprint density at radius 1 is 1.17 bits per heavy atom. The first kappa shape index (κ1) is 16.0. The van der Waals surface area contributed by atoms with E-state index >= 15 is 0 Å². The molecule has 24 heavy (non-hydrogen) atoms. The number of fused-ring (bicyclic) bond motifs is 1. The summed E-state index contributed by atoms with van der Waals surface area (Å²) in [7, 11) is 0. The molecule has 2 aromatic heterocycles. The van der Waals surface area contributed by atoms with E-state index in [0.29, 0.717) is 13.1 Å². The normalized spacial score (nSPS) is 11.2. The monoisotopic (exact) mass is 321 g/mol. The van der Waals surface area contributed by atoms with Crippen molar-refractivity contribution in [1.29, 1.82) is 0 Å². The standard InChI is InChI=1S/C19H19N3O2/c23-13-12-21(15-16-6-2-1-3-7-16)19(24)10-9-17-14-20-18-8-4-5-11-22(17)18/h1-11,14,23H,12-13,15H2/b10-9+. The second kappa shape index (κ2) is 7.57. The molecule has 1 N–H and O–H groups in total. The molecule has 0 saturated carbocycles. The summed E-state index contributed by atoms with van der Waals surface area (Å²) < 4.78 is 1.91. The van der Waals surface area contributed by atoms with Crippen LogP contribution >= 0.6 is 0 Å². The van der Waals surface area contributed by atoms with Crippen molar-refractivity contribution >= 4 is 17.6 Å². The number of pyridine rings is 1. The number of aromatic nitrogens is 2. The third-order valence-corrected chi connectivity index (χ3v) is 3.74. The van der Waals surface area contributed by atoms with Crippen LogP contribution in [0.4, 0.5) is 0 Å². The summed E-state index contributed by atoms with van der Waals surface area (Å²) in [6.45, 7) is 0.699. The number of hydrogen-bond acceptors (Lipinski definition) is 3. The maximum absolute atomic E-state index is 12.5. The minimum atomic E-state index is -0.140. The maximum atomic E-state index is 12.5. The minimum Gasteiger partial charge on any atom is -0.395 e. The molecule has 1 amide bonds. The molecule has 5 nitrogen and oxygen atoms in total. The fourth-order valence-electron chi connectivity index (χ4n) is 2.53. The van der Waals surface area contributed by atoms with Crippen LogP contribution in [0.1, 0.15) is 11.3 Å². The van der Waals surface area contributed by atoms with Gasteiger partial charge in [0.05, 0.1) is 18.5 Å². The van der Waals surface area contributed by atoms with E-state index in [1.807, 2.05) is 59.1 Å². The van der Waals surface area contributed by atoms with E-state index < -0.39 is 0 Å². The first-order chi connectivity index (χ1) is 11.8. The lowest BCUT2D eigenvalue weighted by molar-refractivity contribution is -0.127. The van der Waals surface area contributed by atoms with E-state index in [0.717, 1.165) is 16.9 Å². The number of imidazole rings is 1. The van der Waals surface area contributed by atoms with Gasteiger partial charge in [-0.05, 0) is 23.8 Å². The Kier molecular flexibility index (Phi) is 5.03. The van der Waals surface area contributed by atoms with Gasteiger partial charge in [0.1, 0.15) is 5.65 Å². The highest BCUT2D eigenvalue weighted by atomic mass is 16.3. The molecule has 0 fully saturated rings. The smallest absolute Gasteiger partial charge is 0.247 e. The Balaban J connectivity index is 1.75. The first-order valence-corrected chi connectivity index (χ1v) is 7.82. The predicted molar refractivity (Wildman–Crippen MR) is 93.2 cm³/mol. The van der Waals surface area contributed by atoms with Crippen LogP contribution in [0.5, 0.6) is 0 Å². The topological polar surface area (TPSA) is 57.8 Å². The second-order valence-electron chi connectivity index (χ2n) is 5.41. The molecule has 0 aliphatic rings. The molecule has 0 aliphatic heterocycles. The lowest BCUT2D eigenvalue weighted by Gasteiger charge is -2.20. The van der Waals surface area contributed by atoms with Gasteiger partial charge in [0.25, 0.3) is 0 Å². The van der Waals surface area contributed by atoms with Crippen LogP contribution in [0, 0.1) is 0 Å². The lowest BCUT2D eigenvalue weighted by Crippen LogP contribution is -2.31. The molecule has 0 unspecified atom stereocenters. The van der Waals surface area contributed by atoms with Crippen LogP contribution in [0.2, 0.25) is 0 Å². The van der Waals surface area contributed by atoms with Crippen LogP contribution < -0.4 is 0 Å². The van der Waals surface area contributed by atoms with E-state index in [-0.39, 0.29) is 12.5 Å². The Morgan fingerprint density at radius 2 is 1.96 bits per heavy atom. The van der Waals surface area contributed by atoms with Gasteiger partial charge in [-0.15, -0.1) is 0 Å². The van der Waals surface area contributed by atoms with Crippen molar-refractivity contribution in [2.45, 2.75) is 6.54 Å². The van der Waals surface area contributed by atoms with Gasteiger partial charge in [0, 0.05) is 25.4 Å². The van der Waals surface area contributed by atoms with Gasteiger partial charge < -0.3 is 14.4 Å². The third kappa shape index (κ3) is 3.70. The molecule has 2 heterocycles. The van der Waals surface area contributed by atoms with Crippen molar-refractivity contribution < 1.29 is 9.90 Å². The van der Waals surface area contributed by atoms with E-state index in [1.54, 1.807) is 17.2 Å². The summed E-state index contributed by atoms with van der Waals surface area (Å²) in [4.78, 5) is 18.4. The molecule has 5 heteroatoms. The van der Waals surface area contributed by atoms with Crippen molar-refractivity contribution in [3.05, 3.63) is 78.3 Å². The summed E-state index contributed by atoms with van der Waals surface area (Å²) in [5.74, 6) is -0.140. The number of aliphatic hydroxyl groups is 1. The van der Waals surface area contributed by atoms with Crippen LogP contribution in [0.15, 0.2) is 67.0 Å². The average molecular weight is 321 g/mol. The number of hydrogen-bond donors (Lipinski definition) is 1. The number of amides is 1. The van der Waals surface area contributed by atoms with E-state index in [4.69, 9.17) is 0 Å². The number of nitrogens with zero attached hydrogens (tertiary/aromatic N) is 3. The molecule has 1 aromatic carbocycles. The molecule has 0 aliphatic carbocycles. The van der Waals surface area contributed by atoms with Crippen molar-refractivity contribution in [2.75, 3.05) is 13.2 Å². The average Bonchev–Trinajstić information content (AvgIpc) is 3.03. The molecule has 3 rings (SSSR count). The zero-order chi connectivity index (χ0) is 16.8. The highest BCUT2D eigenvalue weighted by Gasteiger charge is 2.11. The van der Waals surface area contributed by atoms with Crippen LogP contribution in [0.3, 0.4) is 0 Å². The lowest BCUT2D eigenvalue weighted by atomic mass is 10.2. The highest BCUT2D eigenvalue weighted by Crippen LogP contribution is 2.09. The van der Waals surface area contributed by atoms with Crippen LogP contribution in [-0.2, 0) is 11.3 Å². The summed E-state index contributed by atoms with van der Waals surface area (Å²) in [5, 5.41) is 9.23. The number of aliphatic hydroxyl groups excluding tert-OH is 1. The Morgan fingerprint density at radius 3 is 2.75 bits per heavy atom. The number of benzene rings is 1. The minimum absolute atomic E-state index is 0.0674. The number of carbonyl (C=O) groups is 1. The molecule has 0 saturated heterocycles. The van der Waals surface area contributed by atoms with E-state index in [1.165, 1.54) is 6.08 Å². The molecule has 3 aromatic rings. The maximum Gasteiger partial charge on any atom is 0.247 e. The fraction of sp³-hybridized carbons (Fsp3) is 0.158. The summed E-state index contributed by atoms with van der Waals surface area (Å²) >= 11 is 0. The second-order valence-corrected chi connectivity index (χ2v) is 5.41. The van der Waals surface area contributed by atoms with Gasteiger partial charge in [-0.3, -0.25) is 4.79 Å². The van der Waals surface area contributed by atoms with E-state index in [9.17, 15) is 9.90 Å². The quantitative estimate of drug-likeness (QED) is 0.709. The predicted octanol–water partition coefficient (Wildman–Crippen LogP) is 2.37. The van der Waals surface area contributed by atoms with Gasteiger partial charge in [0.2, 0.25) is 5.91 Å². The zero-order valence-corrected chi connectivity index (χ0v) is 13.2. The molecule has 0 atom stereocenters. The van der Waals surface area contributed by atoms with Crippen LogP contribution in [0.25, 0.3) is 11.7 Å². The Bertz CT molecular complexity index is 840. The molecule has 0 bridgehead atoms.